The first kappa shape index (κ1) is 14.9. The lowest BCUT2D eigenvalue weighted by atomic mass is 10.2. The van der Waals surface area contributed by atoms with Crippen molar-refractivity contribution in [1.82, 2.24) is 10.2 Å². The summed E-state index contributed by atoms with van der Waals surface area (Å²) in [5.41, 5.74) is 1.32. The van der Waals surface area contributed by atoms with Gasteiger partial charge in [-0.15, -0.1) is 0 Å². The summed E-state index contributed by atoms with van der Waals surface area (Å²) in [7, 11) is 0. The number of hydrogen-bond donors (Lipinski definition) is 1. The van der Waals surface area contributed by atoms with Crippen LogP contribution in [0.15, 0.2) is 16.7 Å². The molecule has 0 aromatic carbocycles. The fourth-order valence-electron chi connectivity index (χ4n) is 2.44. The van der Waals surface area contributed by atoms with Gasteiger partial charge >= 0.3 is 0 Å². The monoisotopic (exact) mass is 282 g/mol. The molecule has 1 fully saturated rings. The van der Waals surface area contributed by atoms with Gasteiger partial charge in [0.1, 0.15) is 5.76 Å². The Bertz CT molecular complexity index is 367. The molecule has 2 heterocycles. The molecular formula is C15H26N2OS. The average molecular weight is 282 g/mol. The molecule has 1 aromatic heterocycles. The largest absolute Gasteiger partial charge is 0.468 e. The van der Waals surface area contributed by atoms with Crippen LogP contribution < -0.4 is 5.32 Å². The Balaban J connectivity index is 1.86. The van der Waals surface area contributed by atoms with Crippen molar-refractivity contribution in [2.75, 3.05) is 25.4 Å². The van der Waals surface area contributed by atoms with Crippen LogP contribution in [-0.4, -0.2) is 35.5 Å². The van der Waals surface area contributed by atoms with Gasteiger partial charge in [0, 0.05) is 36.2 Å². The van der Waals surface area contributed by atoms with Crippen molar-refractivity contribution in [1.29, 1.82) is 0 Å². The summed E-state index contributed by atoms with van der Waals surface area (Å²) >= 11 is 2.12. The van der Waals surface area contributed by atoms with E-state index in [1.165, 1.54) is 37.2 Å². The topological polar surface area (TPSA) is 28.4 Å². The summed E-state index contributed by atoms with van der Waals surface area (Å²) < 4.78 is 5.68. The molecule has 19 heavy (non-hydrogen) atoms. The Labute approximate surface area is 121 Å². The van der Waals surface area contributed by atoms with Gasteiger partial charge < -0.3 is 9.73 Å². The smallest absolute Gasteiger partial charge is 0.122 e. The van der Waals surface area contributed by atoms with Gasteiger partial charge in [-0.05, 0) is 25.5 Å². The Kier molecular flexibility index (Phi) is 6.28. The molecule has 108 valence electrons. The summed E-state index contributed by atoms with van der Waals surface area (Å²) in [5, 5.41) is 4.25. The quantitative estimate of drug-likeness (QED) is 0.778. The first-order valence-corrected chi connectivity index (χ1v) is 8.48. The third-order valence-electron chi connectivity index (χ3n) is 3.63. The molecule has 1 aliphatic rings. The molecule has 4 heteroatoms. The molecule has 0 amide bonds. The number of hydrogen-bond acceptors (Lipinski definition) is 4. The number of nitrogens with one attached hydrogen (secondary N) is 1. The second kappa shape index (κ2) is 7.98. The van der Waals surface area contributed by atoms with Gasteiger partial charge in [-0.3, -0.25) is 4.90 Å². The maximum atomic E-state index is 5.68. The highest BCUT2D eigenvalue weighted by atomic mass is 32.2. The van der Waals surface area contributed by atoms with Crippen molar-refractivity contribution in [3.8, 4) is 0 Å². The van der Waals surface area contributed by atoms with E-state index in [9.17, 15) is 0 Å². The van der Waals surface area contributed by atoms with Crippen LogP contribution in [0, 0.1) is 0 Å². The van der Waals surface area contributed by atoms with E-state index in [1.807, 2.05) is 6.26 Å². The van der Waals surface area contributed by atoms with Crippen LogP contribution in [0.25, 0.3) is 0 Å². The van der Waals surface area contributed by atoms with Gasteiger partial charge in [-0.1, -0.05) is 13.8 Å². The molecule has 0 saturated carbocycles. The van der Waals surface area contributed by atoms with Gasteiger partial charge in [0.2, 0.25) is 0 Å². The molecule has 1 atom stereocenters. The van der Waals surface area contributed by atoms with E-state index in [4.69, 9.17) is 4.42 Å². The van der Waals surface area contributed by atoms with Crippen LogP contribution in [0.1, 0.15) is 38.0 Å². The molecule has 2 rings (SSSR count). The summed E-state index contributed by atoms with van der Waals surface area (Å²) in [6, 6.07) is 2.11. The standard InChI is InChI=1S/C15H26N2OS/c1-3-6-16-10-13-5-8-18-15(13)12-17-7-9-19-14(4-2)11-17/h5,8,14,16H,3-4,6-7,9-12H2,1-2H3. The first-order chi connectivity index (χ1) is 9.33. The third kappa shape index (κ3) is 4.55. The highest BCUT2D eigenvalue weighted by Crippen LogP contribution is 2.23. The third-order valence-corrected chi connectivity index (χ3v) is 5.00. The SMILES string of the molecule is CCCNCc1ccoc1CN1CCSC(CC)C1. The molecule has 0 radical (unpaired) electrons. The lowest BCUT2D eigenvalue weighted by Gasteiger charge is -2.31. The molecule has 1 aliphatic heterocycles. The van der Waals surface area contributed by atoms with Gasteiger partial charge in [0.25, 0.3) is 0 Å². The van der Waals surface area contributed by atoms with E-state index in [-0.39, 0.29) is 0 Å². The minimum absolute atomic E-state index is 0.797. The molecule has 1 unspecified atom stereocenters. The molecule has 0 aliphatic carbocycles. The van der Waals surface area contributed by atoms with E-state index >= 15 is 0 Å². The maximum absolute atomic E-state index is 5.68. The maximum Gasteiger partial charge on any atom is 0.122 e. The molecule has 0 bridgehead atoms. The predicted octanol–water partition coefficient (Wildman–Crippen LogP) is 3.11. The van der Waals surface area contributed by atoms with Crippen LogP contribution in [-0.2, 0) is 13.1 Å². The van der Waals surface area contributed by atoms with Crippen molar-refractivity contribution < 1.29 is 4.42 Å². The molecule has 1 N–H and O–H groups in total. The van der Waals surface area contributed by atoms with Crippen molar-refractivity contribution >= 4 is 11.8 Å². The van der Waals surface area contributed by atoms with Crippen molar-refractivity contribution in [2.24, 2.45) is 0 Å². The van der Waals surface area contributed by atoms with Crippen LogP contribution >= 0.6 is 11.8 Å². The van der Waals surface area contributed by atoms with E-state index in [0.717, 1.165) is 30.6 Å². The summed E-state index contributed by atoms with van der Waals surface area (Å²) in [6.45, 7) is 9.83. The molecule has 3 nitrogen and oxygen atoms in total. The van der Waals surface area contributed by atoms with Crippen LogP contribution in [0.4, 0.5) is 0 Å². The van der Waals surface area contributed by atoms with E-state index in [1.54, 1.807) is 0 Å². The van der Waals surface area contributed by atoms with Crippen molar-refractivity contribution in [3.63, 3.8) is 0 Å². The van der Waals surface area contributed by atoms with Gasteiger partial charge in [-0.2, -0.15) is 11.8 Å². The zero-order chi connectivity index (χ0) is 13.5. The summed E-state index contributed by atoms with van der Waals surface area (Å²) in [4.78, 5) is 2.53. The number of thioether (sulfide) groups is 1. The van der Waals surface area contributed by atoms with Gasteiger partial charge in [0.05, 0.1) is 12.8 Å². The number of furan rings is 1. The Morgan fingerprint density at radius 2 is 2.37 bits per heavy atom. The Hall–Kier alpha value is -0.450. The Morgan fingerprint density at radius 3 is 3.16 bits per heavy atom. The number of rotatable bonds is 7. The van der Waals surface area contributed by atoms with Gasteiger partial charge in [-0.25, -0.2) is 0 Å². The minimum atomic E-state index is 0.797. The molecule has 1 saturated heterocycles. The first-order valence-electron chi connectivity index (χ1n) is 7.43. The van der Waals surface area contributed by atoms with Crippen molar-refractivity contribution in [2.45, 2.75) is 45.0 Å². The van der Waals surface area contributed by atoms with E-state index in [0.29, 0.717) is 0 Å². The fraction of sp³-hybridized carbons (Fsp3) is 0.733. The highest BCUT2D eigenvalue weighted by Gasteiger charge is 2.20. The van der Waals surface area contributed by atoms with Crippen LogP contribution in [0.5, 0.6) is 0 Å². The van der Waals surface area contributed by atoms with Crippen LogP contribution in [0.2, 0.25) is 0 Å². The Morgan fingerprint density at radius 1 is 1.47 bits per heavy atom. The minimum Gasteiger partial charge on any atom is -0.468 e. The highest BCUT2D eigenvalue weighted by molar-refractivity contribution is 8.00. The zero-order valence-corrected chi connectivity index (χ0v) is 13.0. The fourth-order valence-corrected chi connectivity index (χ4v) is 3.69. The average Bonchev–Trinajstić information content (AvgIpc) is 2.87. The van der Waals surface area contributed by atoms with Gasteiger partial charge in [0.15, 0.2) is 0 Å². The van der Waals surface area contributed by atoms with E-state index < -0.39 is 0 Å². The van der Waals surface area contributed by atoms with E-state index in [2.05, 4.69) is 41.9 Å². The molecule has 0 spiro atoms. The predicted molar refractivity (Wildman–Crippen MR) is 82.5 cm³/mol. The summed E-state index contributed by atoms with van der Waals surface area (Å²) in [6.07, 6.45) is 4.27. The lowest BCUT2D eigenvalue weighted by molar-refractivity contribution is 0.249. The zero-order valence-electron chi connectivity index (χ0n) is 12.2. The molecule has 1 aromatic rings. The lowest BCUT2D eigenvalue weighted by Crippen LogP contribution is -2.37. The van der Waals surface area contributed by atoms with Crippen molar-refractivity contribution in [3.05, 3.63) is 23.7 Å². The second-order valence-electron chi connectivity index (χ2n) is 5.18. The molecular weight excluding hydrogens is 256 g/mol. The normalized spacial score (nSPS) is 20.8. The second-order valence-corrected chi connectivity index (χ2v) is 6.59. The summed E-state index contributed by atoms with van der Waals surface area (Å²) in [5.74, 6) is 2.40. The van der Waals surface area contributed by atoms with Crippen LogP contribution in [0.3, 0.4) is 0 Å². The number of nitrogens with zero attached hydrogens (tertiary/aromatic N) is 1.